The van der Waals surface area contributed by atoms with Gasteiger partial charge in [0.25, 0.3) is 5.69 Å². The number of rotatable bonds is 6. The summed E-state index contributed by atoms with van der Waals surface area (Å²) in [6.07, 6.45) is 3.25. The summed E-state index contributed by atoms with van der Waals surface area (Å²) in [5.41, 5.74) is 0.589. The Hall–Kier alpha value is -3.83. The van der Waals surface area contributed by atoms with Gasteiger partial charge in [0.05, 0.1) is 15.5 Å². The van der Waals surface area contributed by atoms with Crippen LogP contribution in [0.15, 0.2) is 93.8 Å². The number of aromatic nitrogens is 3. The number of sulfone groups is 1. The molecule has 0 amide bonds. The standard InChI is InChI=1S/C21H14N4O5S2/c26-21(32(29,30)16-8-6-14(7-9-16)25(27)28)19-12-18(23-24-19)17-10-11-22-13-20(17)31-15-4-2-1-3-5-15/h1-13H,(H,23,24). The number of pyridine rings is 1. The van der Waals surface area contributed by atoms with E-state index in [1.54, 1.807) is 18.5 Å². The van der Waals surface area contributed by atoms with Crippen molar-refractivity contribution in [3.8, 4) is 11.3 Å². The molecule has 1 N–H and O–H groups in total. The average molecular weight is 467 g/mol. The lowest BCUT2D eigenvalue weighted by Crippen LogP contribution is -2.15. The second-order valence-corrected chi connectivity index (χ2v) is 9.46. The first kappa shape index (κ1) is 21.4. The van der Waals surface area contributed by atoms with Crippen LogP contribution in [0, 0.1) is 10.1 Å². The van der Waals surface area contributed by atoms with E-state index in [0.29, 0.717) is 11.3 Å². The molecule has 0 fully saturated rings. The molecule has 0 aliphatic heterocycles. The van der Waals surface area contributed by atoms with E-state index in [0.717, 1.165) is 34.1 Å². The van der Waals surface area contributed by atoms with Gasteiger partial charge in [-0.15, -0.1) is 0 Å². The molecule has 2 aromatic carbocycles. The van der Waals surface area contributed by atoms with Crippen molar-refractivity contribution in [3.63, 3.8) is 0 Å². The van der Waals surface area contributed by atoms with Gasteiger partial charge in [-0.3, -0.25) is 25.0 Å². The van der Waals surface area contributed by atoms with Crippen LogP contribution in [0.4, 0.5) is 5.69 Å². The predicted octanol–water partition coefficient (Wildman–Crippen LogP) is 4.15. The first-order valence-corrected chi connectivity index (χ1v) is 11.4. The van der Waals surface area contributed by atoms with E-state index >= 15 is 0 Å². The maximum atomic E-state index is 12.7. The number of hydrogen-bond donors (Lipinski definition) is 1. The molecule has 0 radical (unpaired) electrons. The second kappa shape index (κ2) is 8.73. The average Bonchev–Trinajstić information content (AvgIpc) is 3.29. The molecule has 0 aliphatic carbocycles. The molecule has 0 spiro atoms. The Morgan fingerprint density at radius 1 is 1.03 bits per heavy atom. The van der Waals surface area contributed by atoms with E-state index in [-0.39, 0.29) is 16.3 Å². The normalized spacial score (nSPS) is 11.2. The molecule has 2 aromatic heterocycles. The molecule has 4 rings (SSSR count). The number of nitro groups is 1. The van der Waals surface area contributed by atoms with Crippen LogP contribution in [0.2, 0.25) is 0 Å². The van der Waals surface area contributed by atoms with E-state index in [9.17, 15) is 23.3 Å². The Morgan fingerprint density at radius 2 is 1.75 bits per heavy atom. The molecule has 0 unspecified atom stereocenters. The third-order valence-corrected chi connectivity index (χ3v) is 7.08. The fourth-order valence-corrected chi connectivity index (χ4v) is 4.89. The van der Waals surface area contributed by atoms with E-state index in [4.69, 9.17) is 0 Å². The summed E-state index contributed by atoms with van der Waals surface area (Å²) in [4.78, 5) is 28.4. The summed E-state index contributed by atoms with van der Waals surface area (Å²) in [6, 6.07) is 16.8. The highest BCUT2D eigenvalue weighted by atomic mass is 32.2. The maximum Gasteiger partial charge on any atom is 0.301 e. The third-order valence-electron chi connectivity index (χ3n) is 4.43. The monoisotopic (exact) mass is 466 g/mol. The summed E-state index contributed by atoms with van der Waals surface area (Å²) in [5, 5.41) is 16.2. The van der Waals surface area contributed by atoms with E-state index in [1.807, 2.05) is 30.3 Å². The number of nitro benzene ring substituents is 1. The van der Waals surface area contributed by atoms with Crippen molar-refractivity contribution < 1.29 is 18.1 Å². The fourth-order valence-electron chi connectivity index (χ4n) is 2.86. The number of non-ortho nitro benzene ring substituents is 1. The molecule has 32 heavy (non-hydrogen) atoms. The summed E-state index contributed by atoms with van der Waals surface area (Å²) < 4.78 is 25.4. The van der Waals surface area contributed by atoms with E-state index in [2.05, 4.69) is 15.2 Å². The van der Waals surface area contributed by atoms with Crippen molar-refractivity contribution >= 4 is 32.4 Å². The largest absolute Gasteiger partial charge is 0.301 e. The van der Waals surface area contributed by atoms with Crippen molar-refractivity contribution in [1.82, 2.24) is 15.2 Å². The Morgan fingerprint density at radius 3 is 2.44 bits per heavy atom. The van der Waals surface area contributed by atoms with Crippen LogP contribution in [0.25, 0.3) is 11.3 Å². The van der Waals surface area contributed by atoms with E-state index < -0.39 is 19.9 Å². The quantitative estimate of drug-likeness (QED) is 0.331. The zero-order valence-electron chi connectivity index (χ0n) is 16.2. The minimum Gasteiger partial charge on any atom is -0.277 e. The minimum atomic E-state index is -4.42. The lowest BCUT2D eigenvalue weighted by molar-refractivity contribution is -0.384. The molecule has 9 nitrogen and oxygen atoms in total. The van der Waals surface area contributed by atoms with Crippen molar-refractivity contribution in [2.24, 2.45) is 0 Å². The molecule has 2 heterocycles. The van der Waals surface area contributed by atoms with Gasteiger partial charge in [-0.2, -0.15) is 5.10 Å². The van der Waals surface area contributed by atoms with Crippen LogP contribution in [-0.2, 0) is 9.84 Å². The van der Waals surface area contributed by atoms with Crippen LogP contribution < -0.4 is 0 Å². The summed E-state index contributed by atoms with van der Waals surface area (Å²) in [5.74, 6) is 0. The molecule has 11 heteroatoms. The van der Waals surface area contributed by atoms with E-state index in [1.165, 1.54) is 17.8 Å². The summed E-state index contributed by atoms with van der Waals surface area (Å²) in [7, 11) is -4.42. The topological polar surface area (TPSA) is 136 Å². The fraction of sp³-hybridized carbons (Fsp3) is 0. The Labute approximate surface area is 186 Å². The predicted molar refractivity (Wildman–Crippen MR) is 117 cm³/mol. The number of nitrogens with one attached hydrogen (secondary N) is 1. The number of nitrogens with zero attached hydrogens (tertiary/aromatic N) is 3. The highest BCUT2D eigenvalue weighted by molar-refractivity contribution is 8.06. The molecule has 0 saturated carbocycles. The number of hydrogen-bond acceptors (Lipinski definition) is 8. The van der Waals surface area contributed by atoms with Gasteiger partial charge in [0, 0.05) is 39.9 Å². The Balaban J connectivity index is 1.63. The van der Waals surface area contributed by atoms with Crippen molar-refractivity contribution in [3.05, 3.63) is 94.9 Å². The molecule has 160 valence electrons. The summed E-state index contributed by atoms with van der Waals surface area (Å²) in [6.45, 7) is 0. The third kappa shape index (κ3) is 4.29. The lowest BCUT2D eigenvalue weighted by Gasteiger charge is -2.06. The second-order valence-electron chi connectivity index (χ2n) is 6.50. The molecule has 0 aliphatic rings. The zero-order chi connectivity index (χ0) is 22.7. The van der Waals surface area contributed by atoms with Gasteiger partial charge in [0.15, 0.2) is 0 Å². The Bertz CT molecular complexity index is 1400. The Kier molecular flexibility index (Phi) is 5.84. The van der Waals surface area contributed by atoms with Crippen molar-refractivity contribution in [2.45, 2.75) is 14.7 Å². The smallest absolute Gasteiger partial charge is 0.277 e. The minimum absolute atomic E-state index is 0.278. The van der Waals surface area contributed by atoms with Gasteiger partial charge in [-0.05, 0) is 36.4 Å². The molecule has 0 atom stereocenters. The van der Waals surface area contributed by atoms with Gasteiger partial charge in [-0.25, -0.2) is 8.42 Å². The number of benzene rings is 2. The number of H-pyrrole nitrogens is 1. The molecular weight excluding hydrogens is 452 g/mol. The first-order valence-electron chi connectivity index (χ1n) is 9.13. The van der Waals surface area contributed by atoms with Gasteiger partial charge >= 0.3 is 5.12 Å². The van der Waals surface area contributed by atoms with Crippen LogP contribution in [0.3, 0.4) is 0 Å². The van der Waals surface area contributed by atoms with Crippen LogP contribution in [0.1, 0.15) is 10.5 Å². The van der Waals surface area contributed by atoms with Gasteiger partial charge in [-0.1, -0.05) is 30.0 Å². The SMILES string of the molecule is O=C(c1cc(-c2ccncc2Sc2ccccc2)[nH]n1)S(=O)(=O)c1ccc([N+](=O)[O-])cc1. The number of aromatic amines is 1. The van der Waals surface area contributed by atoms with Crippen LogP contribution >= 0.6 is 11.8 Å². The van der Waals surface area contributed by atoms with Gasteiger partial charge in [0.2, 0.25) is 9.84 Å². The highest BCUT2D eigenvalue weighted by Gasteiger charge is 2.29. The highest BCUT2D eigenvalue weighted by Crippen LogP contribution is 2.35. The first-order chi connectivity index (χ1) is 15.4. The van der Waals surface area contributed by atoms with Crippen LogP contribution in [-0.4, -0.2) is 33.6 Å². The molecule has 4 aromatic rings. The number of carbonyl (C=O) groups is 1. The zero-order valence-corrected chi connectivity index (χ0v) is 17.8. The molecular formula is C21H14N4O5S2. The summed E-state index contributed by atoms with van der Waals surface area (Å²) >= 11 is 1.46. The van der Waals surface area contributed by atoms with Gasteiger partial charge in [0.1, 0.15) is 5.69 Å². The van der Waals surface area contributed by atoms with Gasteiger partial charge < -0.3 is 0 Å². The number of carbonyl (C=O) groups excluding carboxylic acids is 1. The molecule has 0 saturated heterocycles. The van der Waals surface area contributed by atoms with Crippen molar-refractivity contribution in [2.75, 3.05) is 0 Å². The maximum absolute atomic E-state index is 12.7. The van der Waals surface area contributed by atoms with Crippen LogP contribution in [0.5, 0.6) is 0 Å². The molecule has 0 bridgehead atoms. The lowest BCUT2D eigenvalue weighted by atomic mass is 10.2. The van der Waals surface area contributed by atoms with Crippen molar-refractivity contribution in [1.29, 1.82) is 0 Å².